The van der Waals surface area contributed by atoms with Crippen LogP contribution in [0.4, 0.5) is 10.2 Å². The van der Waals surface area contributed by atoms with Gasteiger partial charge >= 0.3 is 0 Å². The van der Waals surface area contributed by atoms with Crippen molar-refractivity contribution in [1.82, 2.24) is 24.6 Å². The molecule has 0 bridgehead atoms. The zero-order valence-electron chi connectivity index (χ0n) is 20.8. The molecule has 186 valence electrons. The molecule has 0 aliphatic carbocycles. The minimum Gasteiger partial charge on any atom is -0.493 e. The highest BCUT2D eigenvalue weighted by molar-refractivity contribution is 5.93. The molecule has 0 saturated carbocycles. The highest BCUT2D eigenvalue weighted by Gasteiger charge is 2.27. The molecule has 5 rings (SSSR count). The summed E-state index contributed by atoms with van der Waals surface area (Å²) in [6.07, 6.45) is 9.49. The summed E-state index contributed by atoms with van der Waals surface area (Å²) >= 11 is 0. The van der Waals surface area contributed by atoms with Crippen molar-refractivity contribution in [2.75, 3.05) is 38.8 Å². The zero-order valence-corrected chi connectivity index (χ0v) is 20.8. The maximum Gasteiger partial charge on any atom is 0.197 e. The summed E-state index contributed by atoms with van der Waals surface area (Å²) in [5.41, 5.74) is 3.96. The van der Waals surface area contributed by atoms with E-state index in [1.54, 1.807) is 24.9 Å². The Morgan fingerprint density at radius 2 is 2.00 bits per heavy atom. The molecule has 1 fully saturated rings. The van der Waals surface area contributed by atoms with Crippen molar-refractivity contribution in [1.29, 1.82) is 0 Å². The second-order valence-electron chi connectivity index (χ2n) is 9.64. The zero-order chi connectivity index (χ0) is 24.5. The third-order valence-electron chi connectivity index (χ3n) is 7.10. The number of aromatic nitrogens is 5. The number of nitrogens with zero attached hydrogens (tertiary/aromatic N) is 5. The van der Waals surface area contributed by atoms with Crippen LogP contribution in [0.2, 0.25) is 0 Å². The highest BCUT2D eigenvalue weighted by Crippen LogP contribution is 2.40. The number of rotatable bonds is 8. The molecule has 4 aromatic heterocycles. The van der Waals surface area contributed by atoms with Crippen molar-refractivity contribution in [3.8, 4) is 17.0 Å². The van der Waals surface area contributed by atoms with Crippen molar-refractivity contribution < 1.29 is 13.9 Å². The Kier molecular flexibility index (Phi) is 6.60. The van der Waals surface area contributed by atoms with Crippen LogP contribution in [-0.2, 0) is 4.74 Å². The first kappa shape index (κ1) is 23.5. The largest absolute Gasteiger partial charge is 0.493 e. The molecule has 0 radical (unpaired) electrons. The predicted octanol–water partition coefficient (Wildman–Crippen LogP) is 5.19. The van der Waals surface area contributed by atoms with E-state index in [0.717, 1.165) is 62.2 Å². The normalized spacial score (nSPS) is 15.1. The Labute approximate surface area is 204 Å². The summed E-state index contributed by atoms with van der Waals surface area (Å²) in [4.78, 5) is 14.4. The standard InChI is InChI=1S/C26H33FN6O2/c1-16(2)21-22-19(31-24(21)18-12-20(35-4)25-29-15-30-33(25)14-18)13-28-26(23(22)27)32-9-7-17(8-10-32)6-5-11-34-3/h12-17,31H,5-11H2,1-4H3. The van der Waals surface area contributed by atoms with Crippen LogP contribution in [0.15, 0.2) is 24.8 Å². The molecule has 0 amide bonds. The molecule has 8 nitrogen and oxygen atoms in total. The van der Waals surface area contributed by atoms with Gasteiger partial charge in [0.2, 0.25) is 0 Å². The van der Waals surface area contributed by atoms with Crippen LogP contribution in [0.25, 0.3) is 27.8 Å². The van der Waals surface area contributed by atoms with Gasteiger partial charge in [-0.3, -0.25) is 0 Å². The first-order valence-electron chi connectivity index (χ1n) is 12.3. The molecular weight excluding hydrogens is 447 g/mol. The fraction of sp³-hybridized carbons (Fsp3) is 0.500. The maximum absolute atomic E-state index is 16.1. The molecule has 0 aromatic carbocycles. The first-order chi connectivity index (χ1) is 17.0. The summed E-state index contributed by atoms with van der Waals surface area (Å²) in [5.74, 6) is 1.57. The number of anilines is 1. The number of hydrogen-bond acceptors (Lipinski definition) is 6. The number of ether oxygens (including phenoxy) is 2. The van der Waals surface area contributed by atoms with Crippen LogP contribution in [0.5, 0.6) is 5.75 Å². The summed E-state index contributed by atoms with van der Waals surface area (Å²) in [6.45, 7) is 6.62. The number of aromatic amines is 1. The van der Waals surface area contributed by atoms with Crippen molar-refractivity contribution in [3.05, 3.63) is 36.2 Å². The third kappa shape index (κ3) is 4.33. The van der Waals surface area contributed by atoms with Gasteiger partial charge in [0.1, 0.15) is 6.33 Å². The SMILES string of the molecule is COCCCC1CCN(c2ncc3[nH]c(-c4cc(OC)c5ncnn5c4)c(C(C)C)c3c2F)CC1. The van der Waals surface area contributed by atoms with Crippen molar-refractivity contribution >= 4 is 22.4 Å². The van der Waals surface area contributed by atoms with Crippen LogP contribution in [0.3, 0.4) is 0 Å². The van der Waals surface area contributed by atoms with Gasteiger partial charge in [-0.05, 0) is 49.1 Å². The number of H-pyrrole nitrogens is 1. The predicted molar refractivity (Wildman–Crippen MR) is 135 cm³/mol. The Morgan fingerprint density at radius 1 is 1.20 bits per heavy atom. The molecule has 1 N–H and O–H groups in total. The number of hydrogen-bond donors (Lipinski definition) is 1. The summed E-state index contributed by atoms with van der Waals surface area (Å²) in [5, 5.41) is 4.89. The van der Waals surface area contributed by atoms with Gasteiger partial charge in [0, 0.05) is 44.0 Å². The number of methoxy groups -OCH3 is 2. The van der Waals surface area contributed by atoms with E-state index in [0.29, 0.717) is 34.0 Å². The lowest BCUT2D eigenvalue weighted by Crippen LogP contribution is -2.35. The van der Waals surface area contributed by atoms with Crippen molar-refractivity contribution in [2.45, 2.75) is 45.4 Å². The minimum absolute atomic E-state index is 0.0902. The van der Waals surface area contributed by atoms with Gasteiger partial charge in [0.15, 0.2) is 23.0 Å². The Hall–Kier alpha value is -3.20. The lowest BCUT2D eigenvalue weighted by Gasteiger charge is -2.33. The third-order valence-corrected chi connectivity index (χ3v) is 7.10. The van der Waals surface area contributed by atoms with Crippen LogP contribution in [0, 0.1) is 11.7 Å². The molecule has 1 aliphatic rings. The van der Waals surface area contributed by atoms with Gasteiger partial charge in [-0.2, -0.15) is 5.10 Å². The Bertz CT molecular complexity index is 1320. The molecule has 0 atom stereocenters. The van der Waals surface area contributed by atoms with Gasteiger partial charge in [-0.1, -0.05) is 13.8 Å². The molecule has 1 aliphatic heterocycles. The van der Waals surface area contributed by atoms with E-state index in [4.69, 9.17) is 9.47 Å². The summed E-state index contributed by atoms with van der Waals surface area (Å²) in [6, 6.07) is 1.92. The fourth-order valence-corrected chi connectivity index (χ4v) is 5.32. The average Bonchev–Trinajstić information content (AvgIpc) is 3.50. The number of pyridine rings is 2. The summed E-state index contributed by atoms with van der Waals surface area (Å²) in [7, 11) is 3.35. The van der Waals surface area contributed by atoms with Crippen LogP contribution < -0.4 is 9.64 Å². The summed E-state index contributed by atoms with van der Waals surface area (Å²) < 4.78 is 28.5. The molecule has 0 unspecified atom stereocenters. The van der Waals surface area contributed by atoms with E-state index in [9.17, 15) is 0 Å². The van der Waals surface area contributed by atoms with Gasteiger partial charge in [-0.25, -0.2) is 18.9 Å². The van der Waals surface area contributed by atoms with E-state index in [1.807, 2.05) is 12.3 Å². The first-order valence-corrected chi connectivity index (χ1v) is 12.3. The van der Waals surface area contributed by atoms with Crippen LogP contribution in [-0.4, -0.2) is 58.5 Å². The fourth-order valence-electron chi connectivity index (χ4n) is 5.32. The Morgan fingerprint density at radius 3 is 2.71 bits per heavy atom. The quantitative estimate of drug-likeness (QED) is 0.350. The monoisotopic (exact) mass is 480 g/mol. The van der Waals surface area contributed by atoms with E-state index >= 15 is 4.39 Å². The molecule has 0 spiro atoms. The van der Waals surface area contributed by atoms with Gasteiger partial charge in [-0.15, -0.1) is 0 Å². The van der Waals surface area contributed by atoms with E-state index < -0.39 is 0 Å². The molecular formula is C26H33FN6O2. The van der Waals surface area contributed by atoms with E-state index in [2.05, 4.69) is 38.8 Å². The molecule has 9 heteroatoms. The second-order valence-corrected chi connectivity index (χ2v) is 9.64. The van der Waals surface area contributed by atoms with E-state index in [-0.39, 0.29) is 11.7 Å². The van der Waals surface area contributed by atoms with Crippen LogP contribution >= 0.6 is 0 Å². The average molecular weight is 481 g/mol. The van der Waals surface area contributed by atoms with Crippen molar-refractivity contribution in [3.63, 3.8) is 0 Å². The maximum atomic E-state index is 16.1. The number of halogens is 1. The number of nitrogens with one attached hydrogen (secondary N) is 1. The smallest absolute Gasteiger partial charge is 0.197 e. The molecule has 35 heavy (non-hydrogen) atoms. The minimum atomic E-state index is -0.250. The van der Waals surface area contributed by atoms with Crippen molar-refractivity contribution in [2.24, 2.45) is 5.92 Å². The molecule has 4 aromatic rings. The van der Waals surface area contributed by atoms with Gasteiger partial charge < -0.3 is 19.4 Å². The Balaban J connectivity index is 1.51. The topological polar surface area (TPSA) is 80.6 Å². The van der Waals surface area contributed by atoms with Gasteiger partial charge in [0.25, 0.3) is 0 Å². The number of piperidine rings is 1. The number of fused-ring (bicyclic) bond motifs is 2. The van der Waals surface area contributed by atoms with E-state index in [1.165, 1.54) is 6.33 Å². The second kappa shape index (κ2) is 9.81. The molecule has 5 heterocycles. The van der Waals surface area contributed by atoms with Crippen LogP contribution in [0.1, 0.15) is 51.0 Å². The molecule has 1 saturated heterocycles. The highest BCUT2D eigenvalue weighted by atomic mass is 19.1. The van der Waals surface area contributed by atoms with Gasteiger partial charge in [0.05, 0.1) is 24.5 Å². The lowest BCUT2D eigenvalue weighted by atomic mass is 9.92. The lowest BCUT2D eigenvalue weighted by molar-refractivity contribution is 0.183.